The fraction of sp³-hybridized carbons (Fsp3) is 0.600. The zero-order valence-electron chi connectivity index (χ0n) is 10.9. The van der Waals surface area contributed by atoms with Gasteiger partial charge >= 0.3 is 0 Å². The Morgan fingerprint density at radius 2 is 2.22 bits per heavy atom. The summed E-state index contributed by atoms with van der Waals surface area (Å²) in [5.41, 5.74) is 2.49. The van der Waals surface area contributed by atoms with E-state index in [9.17, 15) is 0 Å². The summed E-state index contributed by atoms with van der Waals surface area (Å²) in [4.78, 5) is 0. The average Bonchev–Trinajstić information content (AvgIpc) is 3.06. The standard InChI is InChI=1S/C15H21NO2/c1-11-3-2-4-12(9-16-13-5-6-13)15(11)18-14-7-8-17-10-14/h2-4,13-14,16H,5-10H2,1H3. The summed E-state index contributed by atoms with van der Waals surface area (Å²) in [6, 6.07) is 7.12. The van der Waals surface area contributed by atoms with Gasteiger partial charge < -0.3 is 14.8 Å². The molecule has 1 saturated carbocycles. The van der Waals surface area contributed by atoms with Crippen molar-refractivity contribution in [2.45, 2.75) is 44.9 Å². The molecule has 0 bridgehead atoms. The monoisotopic (exact) mass is 247 g/mol. The lowest BCUT2D eigenvalue weighted by Gasteiger charge is -2.18. The Labute approximate surface area is 108 Å². The van der Waals surface area contributed by atoms with E-state index in [1.54, 1.807) is 0 Å². The van der Waals surface area contributed by atoms with E-state index in [4.69, 9.17) is 9.47 Å². The Morgan fingerprint density at radius 1 is 1.33 bits per heavy atom. The summed E-state index contributed by atoms with van der Waals surface area (Å²) in [6.07, 6.45) is 3.87. The molecule has 1 atom stereocenters. The molecule has 18 heavy (non-hydrogen) atoms. The number of benzene rings is 1. The lowest BCUT2D eigenvalue weighted by Crippen LogP contribution is -2.20. The first-order valence-corrected chi connectivity index (χ1v) is 6.89. The first kappa shape index (κ1) is 12.0. The van der Waals surface area contributed by atoms with E-state index in [1.807, 2.05) is 0 Å². The van der Waals surface area contributed by atoms with E-state index >= 15 is 0 Å². The summed E-state index contributed by atoms with van der Waals surface area (Å²) in [6.45, 7) is 4.58. The lowest BCUT2D eigenvalue weighted by atomic mass is 10.1. The molecule has 98 valence electrons. The molecular formula is C15H21NO2. The van der Waals surface area contributed by atoms with Gasteiger partial charge in [0, 0.05) is 24.6 Å². The molecule has 3 heteroatoms. The van der Waals surface area contributed by atoms with Crippen LogP contribution in [0.4, 0.5) is 0 Å². The number of para-hydroxylation sites is 1. The minimum absolute atomic E-state index is 0.228. The molecule has 1 heterocycles. The van der Waals surface area contributed by atoms with Gasteiger partial charge in [-0.15, -0.1) is 0 Å². The highest BCUT2D eigenvalue weighted by molar-refractivity contribution is 5.41. The van der Waals surface area contributed by atoms with Crippen LogP contribution in [0.2, 0.25) is 0 Å². The van der Waals surface area contributed by atoms with E-state index in [0.717, 1.165) is 38.0 Å². The molecule has 3 rings (SSSR count). The number of nitrogens with one attached hydrogen (secondary N) is 1. The van der Waals surface area contributed by atoms with Crippen molar-refractivity contribution >= 4 is 0 Å². The van der Waals surface area contributed by atoms with Gasteiger partial charge in [-0.3, -0.25) is 0 Å². The molecule has 1 saturated heterocycles. The predicted molar refractivity (Wildman–Crippen MR) is 70.9 cm³/mol. The van der Waals surface area contributed by atoms with Gasteiger partial charge in [-0.1, -0.05) is 18.2 Å². The van der Waals surface area contributed by atoms with Gasteiger partial charge in [0.05, 0.1) is 13.2 Å². The fourth-order valence-electron chi connectivity index (χ4n) is 2.34. The van der Waals surface area contributed by atoms with E-state index in [1.165, 1.54) is 24.0 Å². The molecule has 1 aliphatic heterocycles. The van der Waals surface area contributed by atoms with E-state index in [2.05, 4.69) is 30.4 Å². The molecule has 0 spiro atoms. The van der Waals surface area contributed by atoms with E-state index in [0.29, 0.717) is 0 Å². The third kappa shape index (κ3) is 2.85. The molecule has 0 amide bonds. The second-order valence-corrected chi connectivity index (χ2v) is 5.32. The Morgan fingerprint density at radius 3 is 2.94 bits per heavy atom. The molecule has 3 nitrogen and oxygen atoms in total. The third-order valence-corrected chi connectivity index (χ3v) is 3.62. The van der Waals surface area contributed by atoms with Crippen LogP contribution in [0.3, 0.4) is 0 Å². The van der Waals surface area contributed by atoms with Gasteiger partial charge in [-0.25, -0.2) is 0 Å². The Bertz CT molecular complexity index is 409. The van der Waals surface area contributed by atoms with Crippen LogP contribution >= 0.6 is 0 Å². The van der Waals surface area contributed by atoms with Gasteiger partial charge in [0.2, 0.25) is 0 Å². The number of ether oxygens (including phenoxy) is 2. The zero-order valence-corrected chi connectivity index (χ0v) is 10.9. The van der Waals surface area contributed by atoms with Gasteiger partial charge in [0.15, 0.2) is 0 Å². The van der Waals surface area contributed by atoms with Crippen molar-refractivity contribution in [1.29, 1.82) is 0 Å². The number of rotatable bonds is 5. The van der Waals surface area contributed by atoms with Crippen molar-refractivity contribution in [2.24, 2.45) is 0 Å². The minimum Gasteiger partial charge on any atom is -0.487 e. The molecule has 1 aromatic rings. The smallest absolute Gasteiger partial charge is 0.127 e. The maximum Gasteiger partial charge on any atom is 0.127 e. The predicted octanol–water partition coefficient (Wildman–Crippen LogP) is 2.41. The first-order valence-electron chi connectivity index (χ1n) is 6.89. The fourth-order valence-corrected chi connectivity index (χ4v) is 2.34. The van der Waals surface area contributed by atoms with Gasteiger partial charge in [-0.05, 0) is 25.3 Å². The normalized spacial score (nSPS) is 23.3. The molecule has 2 aliphatic rings. The highest BCUT2D eigenvalue weighted by Gasteiger charge is 2.22. The summed E-state index contributed by atoms with van der Waals surface area (Å²) < 4.78 is 11.5. The summed E-state index contributed by atoms with van der Waals surface area (Å²) in [5, 5.41) is 3.55. The van der Waals surface area contributed by atoms with Crippen LogP contribution < -0.4 is 10.1 Å². The quantitative estimate of drug-likeness (QED) is 0.866. The van der Waals surface area contributed by atoms with Crippen molar-refractivity contribution in [1.82, 2.24) is 5.32 Å². The van der Waals surface area contributed by atoms with Crippen LogP contribution in [0.5, 0.6) is 5.75 Å². The zero-order chi connectivity index (χ0) is 12.4. The molecule has 0 radical (unpaired) electrons. The molecule has 1 aromatic carbocycles. The SMILES string of the molecule is Cc1cccc(CNC2CC2)c1OC1CCOC1. The maximum atomic E-state index is 6.12. The van der Waals surface area contributed by atoms with Gasteiger partial charge in [0.1, 0.15) is 11.9 Å². The van der Waals surface area contributed by atoms with Crippen molar-refractivity contribution in [3.63, 3.8) is 0 Å². The van der Waals surface area contributed by atoms with Crippen LogP contribution in [-0.2, 0) is 11.3 Å². The lowest BCUT2D eigenvalue weighted by molar-refractivity contribution is 0.140. The van der Waals surface area contributed by atoms with Crippen molar-refractivity contribution in [3.8, 4) is 5.75 Å². The second-order valence-electron chi connectivity index (χ2n) is 5.32. The molecule has 1 aliphatic carbocycles. The van der Waals surface area contributed by atoms with Crippen LogP contribution in [0.25, 0.3) is 0 Å². The van der Waals surface area contributed by atoms with Crippen LogP contribution in [0.1, 0.15) is 30.4 Å². The first-order chi connectivity index (χ1) is 8.83. The van der Waals surface area contributed by atoms with E-state index < -0.39 is 0 Å². The molecule has 2 fully saturated rings. The van der Waals surface area contributed by atoms with Crippen LogP contribution in [0.15, 0.2) is 18.2 Å². The van der Waals surface area contributed by atoms with Crippen molar-refractivity contribution in [3.05, 3.63) is 29.3 Å². The van der Waals surface area contributed by atoms with E-state index in [-0.39, 0.29) is 6.10 Å². The Balaban J connectivity index is 1.71. The van der Waals surface area contributed by atoms with Crippen LogP contribution in [0, 0.1) is 6.92 Å². The maximum absolute atomic E-state index is 6.12. The highest BCUT2D eigenvalue weighted by Crippen LogP contribution is 2.27. The van der Waals surface area contributed by atoms with Gasteiger partial charge in [0.25, 0.3) is 0 Å². The summed E-state index contributed by atoms with van der Waals surface area (Å²) >= 11 is 0. The largest absolute Gasteiger partial charge is 0.487 e. The van der Waals surface area contributed by atoms with Crippen LogP contribution in [-0.4, -0.2) is 25.4 Å². The van der Waals surface area contributed by atoms with Crippen molar-refractivity contribution < 1.29 is 9.47 Å². The van der Waals surface area contributed by atoms with Gasteiger partial charge in [-0.2, -0.15) is 0 Å². The number of hydrogen-bond donors (Lipinski definition) is 1. The summed E-state index contributed by atoms with van der Waals surface area (Å²) in [5.74, 6) is 1.06. The number of hydrogen-bond acceptors (Lipinski definition) is 3. The topological polar surface area (TPSA) is 30.5 Å². The second kappa shape index (κ2) is 5.29. The molecule has 1 N–H and O–H groups in total. The third-order valence-electron chi connectivity index (χ3n) is 3.62. The average molecular weight is 247 g/mol. The molecule has 1 unspecified atom stereocenters. The summed E-state index contributed by atoms with van der Waals surface area (Å²) in [7, 11) is 0. The van der Waals surface area contributed by atoms with Crippen molar-refractivity contribution in [2.75, 3.05) is 13.2 Å². The highest BCUT2D eigenvalue weighted by atomic mass is 16.5. The number of aryl methyl sites for hydroxylation is 1. The molecular weight excluding hydrogens is 226 g/mol. The molecule has 0 aromatic heterocycles. The minimum atomic E-state index is 0.228. The Hall–Kier alpha value is -1.06. The Kier molecular flexibility index (Phi) is 3.52.